The van der Waals surface area contributed by atoms with Crippen LogP contribution in [0.25, 0.3) is 10.1 Å². The van der Waals surface area contributed by atoms with E-state index in [1.54, 1.807) is 24.5 Å². The van der Waals surface area contributed by atoms with Crippen molar-refractivity contribution < 1.29 is 9.13 Å². The maximum Gasteiger partial charge on any atom is 0.132 e. The van der Waals surface area contributed by atoms with Gasteiger partial charge in [0.25, 0.3) is 0 Å². The number of nitrogens with one attached hydrogen (secondary N) is 1. The Bertz CT molecular complexity index is 550. The maximum absolute atomic E-state index is 14.0. The van der Waals surface area contributed by atoms with Gasteiger partial charge in [-0.2, -0.15) is 0 Å². The van der Waals surface area contributed by atoms with Crippen LogP contribution in [0.2, 0.25) is 0 Å². The Balaban J connectivity index is 2.31. The molecule has 2 nitrogen and oxygen atoms in total. The van der Waals surface area contributed by atoms with Crippen LogP contribution in [0.3, 0.4) is 0 Å². The summed E-state index contributed by atoms with van der Waals surface area (Å²) in [6, 6.07) is 5.24. The van der Waals surface area contributed by atoms with Crippen LogP contribution in [-0.2, 0) is 17.9 Å². The molecule has 0 spiro atoms. The average molecular weight is 281 g/mol. The number of hydrogen-bond donors (Lipinski definition) is 1. The quantitative estimate of drug-likeness (QED) is 0.866. The maximum atomic E-state index is 14.0. The molecule has 0 saturated carbocycles. The molecule has 1 aromatic heterocycles. The zero-order valence-electron chi connectivity index (χ0n) is 11.6. The van der Waals surface area contributed by atoms with E-state index in [1.807, 2.05) is 6.07 Å². The highest BCUT2D eigenvalue weighted by Crippen LogP contribution is 2.33. The van der Waals surface area contributed by atoms with Crippen LogP contribution >= 0.6 is 11.3 Å². The van der Waals surface area contributed by atoms with Gasteiger partial charge < -0.3 is 10.1 Å². The Morgan fingerprint density at radius 3 is 2.84 bits per heavy atom. The molecule has 1 aromatic carbocycles. The van der Waals surface area contributed by atoms with E-state index >= 15 is 0 Å². The third-order valence-corrected chi connectivity index (χ3v) is 4.17. The molecule has 0 radical (unpaired) electrons. The topological polar surface area (TPSA) is 21.3 Å². The molecule has 0 atom stereocenters. The number of fused-ring (bicyclic) bond motifs is 1. The van der Waals surface area contributed by atoms with E-state index in [9.17, 15) is 4.39 Å². The van der Waals surface area contributed by atoms with Crippen molar-refractivity contribution in [2.45, 2.75) is 27.0 Å². The van der Waals surface area contributed by atoms with E-state index in [4.69, 9.17) is 4.74 Å². The molecule has 0 fully saturated rings. The normalized spacial score (nSPS) is 11.6. The third kappa shape index (κ3) is 3.32. The molecule has 0 aliphatic carbocycles. The van der Waals surface area contributed by atoms with Crippen LogP contribution in [0.4, 0.5) is 4.39 Å². The molecule has 0 aliphatic heterocycles. The molecular formula is C15H20FNOS. The fourth-order valence-corrected chi connectivity index (χ4v) is 3.32. The molecule has 1 N–H and O–H groups in total. The molecule has 2 aromatic rings. The van der Waals surface area contributed by atoms with Crippen molar-refractivity contribution in [1.29, 1.82) is 0 Å². The lowest BCUT2D eigenvalue weighted by Crippen LogP contribution is -2.19. The first kappa shape index (κ1) is 14.4. The van der Waals surface area contributed by atoms with Crippen LogP contribution in [0.5, 0.6) is 0 Å². The van der Waals surface area contributed by atoms with E-state index in [0.717, 1.165) is 28.7 Å². The first-order chi connectivity index (χ1) is 9.13. The van der Waals surface area contributed by atoms with Gasteiger partial charge in [0.15, 0.2) is 0 Å². The summed E-state index contributed by atoms with van der Waals surface area (Å²) in [6.45, 7) is 6.54. The molecule has 19 heavy (non-hydrogen) atoms. The Labute approximate surface area is 117 Å². The summed E-state index contributed by atoms with van der Waals surface area (Å²) < 4.78 is 20.2. The molecule has 0 amide bonds. The number of rotatable bonds is 6. The van der Waals surface area contributed by atoms with Crippen molar-refractivity contribution in [1.82, 2.24) is 5.32 Å². The summed E-state index contributed by atoms with van der Waals surface area (Å²) in [5, 5.41) is 4.13. The second-order valence-corrected chi connectivity index (χ2v) is 6.21. The second-order valence-electron chi connectivity index (χ2n) is 5.07. The molecular weight excluding hydrogens is 261 g/mol. The minimum absolute atomic E-state index is 0.157. The van der Waals surface area contributed by atoms with E-state index in [0.29, 0.717) is 12.5 Å². The Hall–Kier alpha value is -0.970. The van der Waals surface area contributed by atoms with Crippen molar-refractivity contribution in [3.8, 4) is 0 Å². The van der Waals surface area contributed by atoms with Crippen LogP contribution in [0, 0.1) is 11.7 Å². The van der Waals surface area contributed by atoms with Gasteiger partial charge in [-0.15, -0.1) is 11.3 Å². The van der Waals surface area contributed by atoms with Crippen molar-refractivity contribution in [2.75, 3.05) is 13.7 Å². The second kappa shape index (κ2) is 6.46. The summed E-state index contributed by atoms with van der Waals surface area (Å²) in [7, 11) is 1.65. The van der Waals surface area contributed by atoms with Crippen molar-refractivity contribution in [3.05, 3.63) is 34.5 Å². The van der Waals surface area contributed by atoms with Gasteiger partial charge >= 0.3 is 0 Å². The average Bonchev–Trinajstić information content (AvgIpc) is 2.69. The van der Waals surface area contributed by atoms with Crippen LogP contribution in [0.1, 0.15) is 24.3 Å². The van der Waals surface area contributed by atoms with E-state index < -0.39 is 0 Å². The van der Waals surface area contributed by atoms with Crippen LogP contribution in [0.15, 0.2) is 18.2 Å². The zero-order valence-corrected chi connectivity index (χ0v) is 12.4. The lowest BCUT2D eigenvalue weighted by molar-refractivity contribution is 0.185. The number of ether oxygens (including phenoxy) is 1. The van der Waals surface area contributed by atoms with Crippen molar-refractivity contribution in [2.24, 2.45) is 5.92 Å². The highest BCUT2D eigenvalue weighted by atomic mass is 32.1. The van der Waals surface area contributed by atoms with E-state index in [1.165, 1.54) is 10.9 Å². The molecule has 1 heterocycles. The summed E-state index contributed by atoms with van der Waals surface area (Å²) in [6.07, 6.45) is 0. The molecule has 2 rings (SSSR count). The molecule has 0 unspecified atom stereocenters. The Kier molecular flexibility index (Phi) is 4.91. The monoisotopic (exact) mass is 281 g/mol. The van der Waals surface area contributed by atoms with Crippen molar-refractivity contribution in [3.63, 3.8) is 0 Å². The van der Waals surface area contributed by atoms with E-state index in [2.05, 4.69) is 19.2 Å². The molecule has 0 aliphatic rings. The number of hydrogen-bond acceptors (Lipinski definition) is 3. The largest absolute Gasteiger partial charge is 0.380 e. The first-order valence-corrected chi connectivity index (χ1v) is 7.33. The van der Waals surface area contributed by atoms with Gasteiger partial charge in [0.2, 0.25) is 0 Å². The van der Waals surface area contributed by atoms with E-state index in [-0.39, 0.29) is 5.82 Å². The summed E-state index contributed by atoms with van der Waals surface area (Å²) in [5.41, 5.74) is 0.983. The molecule has 4 heteroatoms. The lowest BCUT2D eigenvalue weighted by atomic mass is 10.1. The fraction of sp³-hybridized carbons (Fsp3) is 0.467. The number of benzene rings is 1. The third-order valence-electron chi connectivity index (χ3n) is 2.97. The standard InChI is InChI=1S/C15H20FNOS/c1-10(2)7-17-8-14-11(9-18-3)15-12(16)5-4-6-13(15)19-14/h4-6,10,17H,7-9H2,1-3H3. The van der Waals surface area contributed by atoms with Gasteiger partial charge in [-0.3, -0.25) is 0 Å². The zero-order chi connectivity index (χ0) is 13.8. The van der Waals surface area contributed by atoms with Crippen LogP contribution < -0.4 is 5.32 Å². The Morgan fingerprint density at radius 2 is 2.16 bits per heavy atom. The van der Waals surface area contributed by atoms with Gasteiger partial charge in [0.1, 0.15) is 5.82 Å². The van der Waals surface area contributed by atoms with Crippen LogP contribution in [-0.4, -0.2) is 13.7 Å². The smallest absolute Gasteiger partial charge is 0.132 e. The fourth-order valence-electron chi connectivity index (χ4n) is 2.13. The van der Waals surface area contributed by atoms with Gasteiger partial charge in [-0.25, -0.2) is 4.39 Å². The minimum Gasteiger partial charge on any atom is -0.380 e. The number of methoxy groups -OCH3 is 1. The highest BCUT2D eigenvalue weighted by molar-refractivity contribution is 7.19. The number of thiophene rings is 1. The van der Waals surface area contributed by atoms with Gasteiger partial charge in [0, 0.05) is 34.2 Å². The summed E-state index contributed by atoms with van der Waals surface area (Å²) in [5.74, 6) is 0.452. The van der Waals surface area contributed by atoms with Crippen molar-refractivity contribution >= 4 is 21.4 Å². The molecule has 104 valence electrons. The lowest BCUT2D eigenvalue weighted by Gasteiger charge is -2.08. The Morgan fingerprint density at radius 1 is 1.37 bits per heavy atom. The van der Waals surface area contributed by atoms with Gasteiger partial charge in [0.05, 0.1) is 6.61 Å². The summed E-state index contributed by atoms with van der Waals surface area (Å²) >= 11 is 1.65. The predicted molar refractivity (Wildman–Crippen MR) is 79.0 cm³/mol. The predicted octanol–water partition coefficient (Wildman–Crippen LogP) is 3.93. The van der Waals surface area contributed by atoms with Gasteiger partial charge in [-0.1, -0.05) is 19.9 Å². The summed E-state index contributed by atoms with van der Waals surface area (Å²) in [4.78, 5) is 1.17. The SMILES string of the molecule is COCc1c(CNCC(C)C)sc2cccc(F)c12. The van der Waals surface area contributed by atoms with Gasteiger partial charge in [-0.05, 0) is 24.6 Å². The number of halogens is 1. The molecule has 0 saturated heterocycles. The molecule has 0 bridgehead atoms. The first-order valence-electron chi connectivity index (χ1n) is 6.52. The highest BCUT2D eigenvalue weighted by Gasteiger charge is 2.15. The minimum atomic E-state index is -0.157.